The minimum absolute atomic E-state index is 0.00891. The zero-order valence-corrected chi connectivity index (χ0v) is 19.4. The number of nitrogens with one attached hydrogen (secondary N) is 2. The predicted octanol–water partition coefficient (Wildman–Crippen LogP) is 5.90. The van der Waals surface area contributed by atoms with E-state index in [-0.39, 0.29) is 17.9 Å². The fourth-order valence-corrected chi connectivity index (χ4v) is 3.52. The molecule has 0 saturated carbocycles. The maximum Gasteiger partial charge on any atom is 0.490 e. The quantitative estimate of drug-likeness (QED) is 0.297. The number of aliphatic imine (C=N–C) groups is 1. The molecule has 0 fully saturated rings. The SMILES string of the molecule is Fc1ccccc1CC1=N[C@H](c2ccccc2)[C@H](c2ccccc2)N1.O=C(O)C(F)(F)F.c1c[nH]cn1. The molecule has 5 rings (SSSR count). The van der Waals surface area contributed by atoms with E-state index in [0.717, 1.165) is 11.4 Å². The molecule has 0 bridgehead atoms. The molecular weight excluding hydrogens is 488 g/mol. The largest absolute Gasteiger partial charge is 0.490 e. The fourth-order valence-electron chi connectivity index (χ4n) is 3.52. The Morgan fingerprint density at radius 1 is 0.892 bits per heavy atom. The minimum atomic E-state index is -5.08. The third-order valence-electron chi connectivity index (χ3n) is 5.20. The number of hydrogen-bond donors (Lipinski definition) is 3. The Balaban J connectivity index is 0.000000262. The van der Waals surface area contributed by atoms with Gasteiger partial charge in [0.25, 0.3) is 0 Å². The second kappa shape index (κ2) is 13.0. The van der Waals surface area contributed by atoms with Crippen LogP contribution in [0.15, 0.2) is 109 Å². The van der Waals surface area contributed by atoms with E-state index in [9.17, 15) is 17.6 Å². The highest BCUT2D eigenvalue weighted by molar-refractivity contribution is 5.87. The predicted molar refractivity (Wildman–Crippen MR) is 131 cm³/mol. The number of aromatic amines is 1. The summed E-state index contributed by atoms with van der Waals surface area (Å²) in [5.74, 6) is -2.12. The van der Waals surface area contributed by atoms with Crippen LogP contribution in [0.25, 0.3) is 0 Å². The van der Waals surface area contributed by atoms with Crippen LogP contribution in [0.1, 0.15) is 28.8 Å². The number of aromatic nitrogens is 2. The van der Waals surface area contributed by atoms with Crippen molar-refractivity contribution in [2.45, 2.75) is 24.7 Å². The van der Waals surface area contributed by atoms with Crippen molar-refractivity contribution in [3.8, 4) is 0 Å². The highest BCUT2D eigenvalue weighted by Crippen LogP contribution is 2.36. The Hall–Kier alpha value is -4.47. The molecule has 37 heavy (non-hydrogen) atoms. The van der Waals surface area contributed by atoms with Crippen LogP contribution >= 0.6 is 0 Å². The third kappa shape index (κ3) is 8.31. The van der Waals surface area contributed by atoms with Crippen LogP contribution in [-0.4, -0.2) is 33.1 Å². The summed E-state index contributed by atoms with van der Waals surface area (Å²) in [7, 11) is 0. The highest BCUT2D eigenvalue weighted by atomic mass is 19.4. The number of rotatable bonds is 4. The first kappa shape index (κ1) is 27.1. The van der Waals surface area contributed by atoms with Gasteiger partial charge in [0.15, 0.2) is 0 Å². The van der Waals surface area contributed by atoms with E-state index in [1.807, 2.05) is 48.5 Å². The van der Waals surface area contributed by atoms with Crippen molar-refractivity contribution in [3.63, 3.8) is 0 Å². The molecule has 0 saturated heterocycles. The molecule has 2 atom stereocenters. The molecule has 2 heterocycles. The number of carboxylic acid groups (broad SMARTS) is 1. The summed E-state index contributed by atoms with van der Waals surface area (Å²) in [6, 6.07) is 27.5. The first-order valence-corrected chi connectivity index (χ1v) is 11.1. The monoisotopic (exact) mass is 512 g/mol. The lowest BCUT2D eigenvalue weighted by Crippen LogP contribution is -2.26. The maximum atomic E-state index is 14.0. The summed E-state index contributed by atoms with van der Waals surface area (Å²) in [5, 5.41) is 10.6. The average molecular weight is 513 g/mol. The topological polar surface area (TPSA) is 90.4 Å². The summed E-state index contributed by atoms with van der Waals surface area (Å²) in [5.41, 5.74) is 3.00. The number of H-pyrrole nitrogens is 1. The van der Waals surface area contributed by atoms with Crippen LogP contribution in [0.2, 0.25) is 0 Å². The Labute approximate surface area is 210 Å². The van der Waals surface area contributed by atoms with Crippen molar-refractivity contribution in [2.75, 3.05) is 0 Å². The molecule has 6 nitrogen and oxygen atoms in total. The summed E-state index contributed by atoms with van der Waals surface area (Å²) in [6.45, 7) is 0. The van der Waals surface area contributed by atoms with E-state index in [0.29, 0.717) is 12.0 Å². The fraction of sp³-hybridized carbons (Fsp3) is 0.148. The summed E-state index contributed by atoms with van der Waals surface area (Å²) >= 11 is 0. The van der Waals surface area contributed by atoms with Crippen LogP contribution in [0.4, 0.5) is 17.6 Å². The second-order valence-electron chi connectivity index (χ2n) is 7.80. The molecule has 0 aliphatic carbocycles. The van der Waals surface area contributed by atoms with E-state index in [1.165, 1.54) is 11.6 Å². The van der Waals surface area contributed by atoms with Gasteiger partial charge < -0.3 is 15.4 Å². The van der Waals surface area contributed by atoms with E-state index in [2.05, 4.69) is 39.6 Å². The van der Waals surface area contributed by atoms with Crippen molar-refractivity contribution in [2.24, 2.45) is 4.99 Å². The number of hydrogen-bond acceptors (Lipinski definition) is 4. The molecule has 1 aliphatic heterocycles. The molecular formula is C27H24F4N4O2. The maximum absolute atomic E-state index is 14.0. The van der Waals surface area contributed by atoms with Crippen LogP contribution in [0.3, 0.4) is 0 Å². The summed E-state index contributed by atoms with van der Waals surface area (Å²) in [4.78, 5) is 20.2. The number of amidine groups is 1. The van der Waals surface area contributed by atoms with E-state index in [1.54, 1.807) is 24.8 Å². The highest BCUT2D eigenvalue weighted by Gasteiger charge is 2.38. The van der Waals surface area contributed by atoms with Gasteiger partial charge in [0.2, 0.25) is 0 Å². The molecule has 3 aromatic carbocycles. The number of nitrogens with zero attached hydrogens (tertiary/aromatic N) is 2. The molecule has 0 unspecified atom stereocenters. The minimum Gasteiger partial charge on any atom is -0.475 e. The lowest BCUT2D eigenvalue weighted by atomic mass is 9.95. The zero-order chi connectivity index (χ0) is 26.7. The molecule has 1 aromatic heterocycles. The van der Waals surface area contributed by atoms with Crippen LogP contribution in [0.5, 0.6) is 0 Å². The van der Waals surface area contributed by atoms with E-state index in [4.69, 9.17) is 14.9 Å². The zero-order valence-electron chi connectivity index (χ0n) is 19.4. The van der Waals surface area contributed by atoms with Gasteiger partial charge in [0.1, 0.15) is 17.7 Å². The average Bonchev–Trinajstić information content (AvgIpc) is 3.60. The number of benzene rings is 3. The van der Waals surface area contributed by atoms with Gasteiger partial charge in [-0.25, -0.2) is 14.2 Å². The van der Waals surface area contributed by atoms with Gasteiger partial charge >= 0.3 is 12.1 Å². The number of alkyl halides is 3. The smallest absolute Gasteiger partial charge is 0.475 e. The first-order chi connectivity index (χ1) is 17.8. The molecule has 3 N–H and O–H groups in total. The van der Waals surface area contributed by atoms with Gasteiger partial charge in [-0.3, -0.25) is 4.99 Å². The second-order valence-corrected chi connectivity index (χ2v) is 7.80. The van der Waals surface area contributed by atoms with Crippen molar-refractivity contribution in [3.05, 3.63) is 126 Å². The van der Waals surface area contributed by atoms with Crippen LogP contribution in [-0.2, 0) is 11.2 Å². The molecule has 0 radical (unpaired) electrons. The van der Waals surface area contributed by atoms with Gasteiger partial charge in [-0.15, -0.1) is 0 Å². The van der Waals surface area contributed by atoms with Gasteiger partial charge in [0.05, 0.1) is 12.4 Å². The van der Waals surface area contributed by atoms with Gasteiger partial charge in [-0.1, -0.05) is 78.9 Å². The molecule has 192 valence electrons. The molecule has 1 aliphatic rings. The number of aliphatic carboxylic acids is 1. The standard InChI is InChI=1S/C22H19FN2.C3H4N2.C2HF3O2/c23-19-14-8-7-13-18(19)15-20-24-21(16-9-3-1-4-10-16)22(25-20)17-11-5-2-6-12-17;1-2-5-3-4-1;3-2(4,5)1(6)7/h1-14,21-22H,15H2,(H,24,25);1-3H,(H,4,5);(H,6,7)/t21-,22+;;. The Morgan fingerprint density at radius 2 is 1.46 bits per heavy atom. The van der Waals surface area contributed by atoms with E-state index >= 15 is 0 Å². The summed E-state index contributed by atoms with van der Waals surface area (Å²) in [6.07, 6.45) is 0.472. The Kier molecular flexibility index (Phi) is 9.54. The van der Waals surface area contributed by atoms with Gasteiger partial charge in [0, 0.05) is 18.8 Å². The molecule has 0 amide bonds. The van der Waals surface area contributed by atoms with E-state index < -0.39 is 12.1 Å². The summed E-state index contributed by atoms with van der Waals surface area (Å²) < 4.78 is 45.7. The number of carbonyl (C=O) groups is 1. The number of carboxylic acids is 1. The number of imidazole rings is 1. The van der Waals surface area contributed by atoms with Crippen molar-refractivity contribution in [1.29, 1.82) is 0 Å². The van der Waals surface area contributed by atoms with Crippen molar-refractivity contribution in [1.82, 2.24) is 15.3 Å². The third-order valence-corrected chi connectivity index (χ3v) is 5.20. The Bertz CT molecular complexity index is 1250. The lowest BCUT2D eigenvalue weighted by molar-refractivity contribution is -0.192. The molecule has 10 heteroatoms. The van der Waals surface area contributed by atoms with Crippen molar-refractivity contribution < 1.29 is 27.5 Å². The lowest BCUT2D eigenvalue weighted by Gasteiger charge is -2.19. The van der Waals surface area contributed by atoms with Gasteiger partial charge in [-0.2, -0.15) is 13.2 Å². The molecule has 0 spiro atoms. The normalized spacial score (nSPS) is 16.3. The Morgan fingerprint density at radius 3 is 1.95 bits per heavy atom. The van der Waals surface area contributed by atoms with Gasteiger partial charge in [-0.05, 0) is 22.8 Å². The number of halogens is 4. The molecule has 4 aromatic rings. The first-order valence-electron chi connectivity index (χ1n) is 11.1. The van der Waals surface area contributed by atoms with Crippen LogP contribution < -0.4 is 5.32 Å². The van der Waals surface area contributed by atoms with Crippen LogP contribution in [0, 0.1) is 5.82 Å². The van der Waals surface area contributed by atoms with Crippen molar-refractivity contribution >= 4 is 11.8 Å².